The summed E-state index contributed by atoms with van der Waals surface area (Å²) in [5, 5.41) is 43.6. The molecule has 0 radical (unpaired) electrons. The summed E-state index contributed by atoms with van der Waals surface area (Å²) in [5.41, 5.74) is 2.34. The van der Waals surface area contributed by atoms with Gasteiger partial charge in [0.05, 0.1) is 49.8 Å². The lowest BCUT2D eigenvalue weighted by Gasteiger charge is -2.26. The van der Waals surface area contributed by atoms with Crippen LogP contribution in [-0.4, -0.2) is 113 Å². The van der Waals surface area contributed by atoms with Crippen molar-refractivity contribution in [3.63, 3.8) is 0 Å². The van der Waals surface area contributed by atoms with E-state index in [1.807, 2.05) is 115 Å². The van der Waals surface area contributed by atoms with Crippen molar-refractivity contribution in [3.05, 3.63) is 182 Å². The van der Waals surface area contributed by atoms with Gasteiger partial charge >= 0.3 is 30.1 Å². The van der Waals surface area contributed by atoms with Crippen LogP contribution in [0.4, 0.5) is 9.59 Å². The van der Waals surface area contributed by atoms with Crippen LogP contribution < -0.4 is 16.0 Å². The van der Waals surface area contributed by atoms with Crippen molar-refractivity contribution in [1.29, 1.82) is 0 Å². The molecule has 4 saturated heterocycles. The van der Waals surface area contributed by atoms with E-state index in [9.17, 15) is 44.1 Å². The van der Waals surface area contributed by atoms with E-state index in [0.717, 1.165) is 49.0 Å². The normalized spacial score (nSPS) is 24.2. The Morgan fingerprint density at radius 2 is 0.977 bits per heavy atom. The van der Waals surface area contributed by atoms with E-state index in [1.54, 1.807) is 39.0 Å². The molecular formula is C69H79N3O15. The van der Waals surface area contributed by atoms with Gasteiger partial charge in [0.1, 0.15) is 29.8 Å². The summed E-state index contributed by atoms with van der Waals surface area (Å²) in [7, 11) is 0. The summed E-state index contributed by atoms with van der Waals surface area (Å²) in [6.07, 6.45) is 5.14. The van der Waals surface area contributed by atoms with E-state index in [-0.39, 0.29) is 54.6 Å². The van der Waals surface area contributed by atoms with E-state index in [1.165, 1.54) is 6.92 Å². The number of rotatable bonds is 19. The molecule has 6 aromatic rings. The first kappa shape index (κ1) is 64.6. The molecule has 4 aliphatic heterocycles. The van der Waals surface area contributed by atoms with Crippen LogP contribution in [0.5, 0.6) is 0 Å². The Labute approximate surface area is 506 Å². The van der Waals surface area contributed by atoms with Crippen molar-refractivity contribution in [3.8, 4) is 0 Å². The number of hydrogen-bond donors (Lipinski definition) is 6. The zero-order chi connectivity index (χ0) is 62.4. The Balaban J connectivity index is 0.000000170. The quantitative estimate of drug-likeness (QED) is 0.0412. The Bertz CT molecular complexity index is 3420. The number of amides is 3. The maximum atomic E-state index is 12.3. The molecule has 4 heterocycles. The molecule has 10 rings (SSSR count). The summed E-state index contributed by atoms with van der Waals surface area (Å²) < 4.78 is 34.6. The number of carboxylic acid groups (broad SMARTS) is 3. The number of nitrogens with one attached hydrogen (secondary N) is 3. The predicted octanol–water partition coefficient (Wildman–Crippen LogP) is 12.1. The van der Waals surface area contributed by atoms with E-state index < -0.39 is 65.7 Å². The van der Waals surface area contributed by atoms with Gasteiger partial charge in [0.2, 0.25) is 5.91 Å². The van der Waals surface area contributed by atoms with Crippen molar-refractivity contribution in [1.82, 2.24) is 16.0 Å². The molecule has 18 nitrogen and oxygen atoms in total. The van der Waals surface area contributed by atoms with Gasteiger partial charge in [0.15, 0.2) is 0 Å². The highest BCUT2D eigenvalue weighted by Crippen LogP contribution is 2.45. The monoisotopic (exact) mass is 1190 g/mol. The number of carboxylic acids is 3. The highest BCUT2D eigenvalue weighted by Gasteiger charge is 2.47. The SMILES string of the molecule is C=CC[C@@H]1OC(c2ccc3ccccc3c2)C[C@@H]1C(NC(C)=O)C(=O)O.C=CC[C@@H]1OC(c2cccc3ccccc23)C[C@@H]1C(NC(=O)OC(C)(C)C)C(=O)O.C=CC[C@@H]1OC(c2cccc3ccccc23)C[C@@H]1C(NC(=O)OC1CCOC1)C(=O)O. The van der Waals surface area contributed by atoms with Crippen LogP contribution in [0.3, 0.4) is 0 Å². The van der Waals surface area contributed by atoms with Crippen LogP contribution in [0.25, 0.3) is 32.3 Å². The molecule has 4 aliphatic rings. The Morgan fingerprint density at radius 1 is 0.552 bits per heavy atom. The van der Waals surface area contributed by atoms with Crippen molar-refractivity contribution in [2.45, 2.75) is 139 Å². The van der Waals surface area contributed by atoms with Crippen molar-refractivity contribution < 1.29 is 72.5 Å². The number of alkyl carbamates (subject to hydrolysis) is 2. The molecule has 3 amide bonds. The summed E-state index contributed by atoms with van der Waals surface area (Å²) in [4.78, 5) is 71.9. The van der Waals surface area contributed by atoms with Crippen LogP contribution >= 0.6 is 0 Å². The molecule has 0 spiro atoms. The van der Waals surface area contributed by atoms with Crippen molar-refractivity contribution in [2.75, 3.05) is 13.2 Å². The lowest BCUT2D eigenvalue weighted by Crippen LogP contribution is -2.49. The molecule has 460 valence electrons. The van der Waals surface area contributed by atoms with Gasteiger partial charge in [-0.15, -0.1) is 19.7 Å². The summed E-state index contributed by atoms with van der Waals surface area (Å²) >= 11 is 0. The van der Waals surface area contributed by atoms with Gasteiger partial charge in [0, 0.05) is 31.1 Å². The average Bonchev–Trinajstić information content (AvgIpc) is 1.93. The fourth-order valence-electron chi connectivity index (χ4n) is 12.2. The third-order valence-corrected chi connectivity index (χ3v) is 16.1. The molecule has 4 fully saturated rings. The fourth-order valence-corrected chi connectivity index (χ4v) is 12.2. The first-order valence-corrected chi connectivity index (χ1v) is 29.5. The number of ether oxygens (including phenoxy) is 6. The van der Waals surface area contributed by atoms with Gasteiger partial charge in [-0.2, -0.15) is 0 Å². The second kappa shape index (κ2) is 29.8. The number of fused-ring (bicyclic) bond motifs is 3. The number of benzene rings is 6. The number of hydrogen-bond acceptors (Lipinski definition) is 12. The van der Waals surface area contributed by atoms with E-state index in [2.05, 4.69) is 47.8 Å². The number of carbonyl (C=O) groups excluding carboxylic acids is 3. The van der Waals surface area contributed by atoms with Crippen LogP contribution in [0.15, 0.2) is 165 Å². The number of carbonyl (C=O) groups is 6. The standard InChI is InChI=1S/C24H27NO6.C24H29NO5.C21H23NO4/c1-2-6-20-19(22(23(26)27)25-24(28)30-16-11-12-29-14-16)13-21(31-20)18-10-5-8-15-7-3-4-9-17(15)18;1-5-9-19-18(21(22(26)27)25-23(28)30-24(2,3)4)14-20(29-19)17-13-8-11-15-10-6-7-12-16(15)17;1-3-6-18-17(20(21(24)25)22-13(2)23)12-19(26-18)16-10-9-14-7-4-5-8-15(14)11-16/h2-5,7-10,16,19-22H,1,6,11-14H2,(H,25,28)(H,26,27);5-8,10-13,18-21H,1,9,14H2,2-4H3,(H,25,28)(H,26,27);3-5,7-11,17-20H,1,6,12H2,2H3,(H,22,23)(H,24,25)/t16?,19-,20-,21?,22?;18-,19-,20?,21?;17-,18-,19?,20?/m000/s1. The largest absolute Gasteiger partial charge is 0.480 e. The van der Waals surface area contributed by atoms with Gasteiger partial charge in [-0.25, -0.2) is 24.0 Å². The van der Waals surface area contributed by atoms with Crippen LogP contribution in [0.1, 0.15) is 108 Å². The van der Waals surface area contributed by atoms with Gasteiger partial charge in [0.25, 0.3) is 0 Å². The molecule has 0 aliphatic carbocycles. The zero-order valence-corrected chi connectivity index (χ0v) is 49.6. The molecule has 6 aromatic carbocycles. The summed E-state index contributed by atoms with van der Waals surface area (Å²) in [6, 6.07) is 39.1. The Morgan fingerprint density at radius 3 is 1.43 bits per heavy atom. The maximum absolute atomic E-state index is 12.3. The topological polar surface area (TPSA) is 255 Å². The van der Waals surface area contributed by atoms with Gasteiger partial charge in [-0.3, -0.25) is 4.79 Å². The minimum Gasteiger partial charge on any atom is -0.480 e. The first-order chi connectivity index (χ1) is 41.7. The molecular weight excluding hydrogens is 1110 g/mol. The van der Waals surface area contributed by atoms with Crippen LogP contribution in [0.2, 0.25) is 0 Å². The van der Waals surface area contributed by atoms with Gasteiger partial charge in [-0.1, -0.05) is 140 Å². The smallest absolute Gasteiger partial charge is 0.408 e. The average molecular weight is 1190 g/mol. The third-order valence-electron chi connectivity index (χ3n) is 16.1. The molecule has 87 heavy (non-hydrogen) atoms. The zero-order valence-electron chi connectivity index (χ0n) is 49.6. The fraction of sp³-hybridized carbons (Fsp3) is 0.391. The summed E-state index contributed by atoms with van der Waals surface area (Å²) in [6.45, 7) is 18.7. The number of aliphatic carboxylic acids is 3. The molecule has 7 unspecified atom stereocenters. The van der Waals surface area contributed by atoms with E-state index in [4.69, 9.17) is 28.4 Å². The highest BCUT2D eigenvalue weighted by atomic mass is 16.6. The van der Waals surface area contributed by atoms with E-state index >= 15 is 0 Å². The molecule has 0 bridgehead atoms. The molecule has 13 atom stereocenters. The molecule has 0 saturated carbocycles. The van der Waals surface area contributed by atoms with Crippen LogP contribution in [0, 0.1) is 17.8 Å². The van der Waals surface area contributed by atoms with Crippen LogP contribution in [-0.2, 0) is 47.6 Å². The highest BCUT2D eigenvalue weighted by molar-refractivity contribution is 5.88. The summed E-state index contributed by atoms with van der Waals surface area (Å²) in [5.74, 6) is -4.77. The van der Waals surface area contributed by atoms with Gasteiger partial charge < -0.3 is 59.7 Å². The second-order valence-corrected chi connectivity index (χ2v) is 23.3. The Hall–Kier alpha value is -8.42. The van der Waals surface area contributed by atoms with Crippen molar-refractivity contribution >= 4 is 68.3 Å². The molecule has 6 N–H and O–H groups in total. The third kappa shape index (κ3) is 16.8. The minimum absolute atomic E-state index is 0.204. The lowest BCUT2D eigenvalue weighted by molar-refractivity contribution is -0.144. The Kier molecular flexibility index (Phi) is 22.1. The van der Waals surface area contributed by atoms with Crippen molar-refractivity contribution in [2.24, 2.45) is 17.8 Å². The minimum atomic E-state index is -1.13. The predicted molar refractivity (Wildman–Crippen MR) is 330 cm³/mol. The molecule has 0 aromatic heterocycles. The molecule has 18 heteroatoms. The maximum Gasteiger partial charge on any atom is 0.408 e. The van der Waals surface area contributed by atoms with Gasteiger partial charge in [-0.05, 0) is 114 Å². The lowest BCUT2D eigenvalue weighted by atomic mass is 9.87. The van der Waals surface area contributed by atoms with E-state index in [0.29, 0.717) is 58.2 Å². The first-order valence-electron chi connectivity index (χ1n) is 29.5. The second-order valence-electron chi connectivity index (χ2n) is 23.3.